The molecule has 3 rings (SSSR count). The predicted octanol–water partition coefficient (Wildman–Crippen LogP) is 2.50. The number of aromatic nitrogens is 4. The van der Waals surface area contributed by atoms with E-state index in [0.29, 0.717) is 12.3 Å². The number of hydrogen-bond acceptors (Lipinski definition) is 5. The van der Waals surface area contributed by atoms with Gasteiger partial charge in [-0.05, 0) is 31.2 Å². The summed E-state index contributed by atoms with van der Waals surface area (Å²) in [6.07, 6.45) is 3.20. The number of nitrogens with zero attached hydrogens (tertiary/aromatic N) is 3. The minimum absolute atomic E-state index is 0.661. The van der Waals surface area contributed by atoms with Gasteiger partial charge in [0, 0.05) is 5.69 Å². The summed E-state index contributed by atoms with van der Waals surface area (Å²) in [6, 6.07) is 7.72. The van der Waals surface area contributed by atoms with Gasteiger partial charge < -0.3 is 10.1 Å². The third kappa shape index (κ3) is 2.33. The van der Waals surface area contributed by atoms with Crippen LogP contribution in [-0.2, 0) is 0 Å². The average Bonchev–Trinajstić information content (AvgIpc) is 2.91. The molecule has 2 N–H and O–H groups in total. The highest BCUT2D eigenvalue weighted by Crippen LogP contribution is 2.22. The number of hydrogen-bond donors (Lipinski definition) is 2. The van der Waals surface area contributed by atoms with Gasteiger partial charge in [0.1, 0.15) is 17.9 Å². The fraction of sp³-hybridized carbons (Fsp3) is 0.154. The Balaban J connectivity index is 1.86. The average molecular weight is 255 g/mol. The van der Waals surface area contributed by atoms with Gasteiger partial charge in [-0.1, -0.05) is 0 Å². The Morgan fingerprint density at radius 1 is 1.21 bits per heavy atom. The normalized spacial score (nSPS) is 10.6. The van der Waals surface area contributed by atoms with Crippen LogP contribution in [0.3, 0.4) is 0 Å². The zero-order valence-corrected chi connectivity index (χ0v) is 10.4. The van der Waals surface area contributed by atoms with Crippen molar-refractivity contribution in [1.29, 1.82) is 0 Å². The van der Waals surface area contributed by atoms with E-state index in [9.17, 15) is 0 Å². The Morgan fingerprint density at radius 3 is 2.84 bits per heavy atom. The van der Waals surface area contributed by atoms with E-state index in [1.165, 1.54) is 6.33 Å². The van der Waals surface area contributed by atoms with Gasteiger partial charge in [-0.25, -0.2) is 9.97 Å². The number of H-pyrrole nitrogens is 1. The molecule has 6 heteroatoms. The summed E-state index contributed by atoms with van der Waals surface area (Å²) < 4.78 is 5.40. The highest BCUT2D eigenvalue weighted by Gasteiger charge is 2.05. The standard InChI is InChI=1S/C13H13N5O/c1-2-19-10-5-3-9(4-6-10)17-12-11-7-16-18-13(11)15-8-14-12/h3-8H,2H2,1H3,(H2,14,15,16,17,18). The van der Waals surface area contributed by atoms with E-state index in [-0.39, 0.29) is 0 Å². The molecule has 0 unspecified atom stereocenters. The van der Waals surface area contributed by atoms with Crippen LogP contribution in [0.5, 0.6) is 5.75 Å². The monoisotopic (exact) mass is 255 g/mol. The summed E-state index contributed by atoms with van der Waals surface area (Å²) in [5.74, 6) is 1.58. The van der Waals surface area contributed by atoms with Crippen LogP contribution in [0.2, 0.25) is 0 Å². The van der Waals surface area contributed by atoms with Crippen molar-refractivity contribution in [1.82, 2.24) is 20.2 Å². The lowest BCUT2D eigenvalue weighted by atomic mass is 10.3. The topological polar surface area (TPSA) is 75.7 Å². The maximum Gasteiger partial charge on any atom is 0.160 e. The van der Waals surface area contributed by atoms with E-state index < -0.39 is 0 Å². The molecule has 2 aromatic heterocycles. The van der Waals surface area contributed by atoms with Crippen molar-refractivity contribution in [3.05, 3.63) is 36.8 Å². The van der Waals surface area contributed by atoms with Gasteiger partial charge in [0.15, 0.2) is 5.65 Å². The predicted molar refractivity (Wildman–Crippen MR) is 72.6 cm³/mol. The second kappa shape index (κ2) is 4.93. The maximum atomic E-state index is 5.40. The molecule has 0 saturated carbocycles. The van der Waals surface area contributed by atoms with E-state index in [1.54, 1.807) is 6.20 Å². The molecule has 0 fully saturated rings. The van der Waals surface area contributed by atoms with Crippen LogP contribution >= 0.6 is 0 Å². The summed E-state index contributed by atoms with van der Waals surface area (Å²) in [5.41, 5.74) is 1.65. The minimum atomic E-state index is 0.661. The lowest BCUT2D eigenvalue weighted by Gasteiger charge is -2.07. The Hall–Kier alpha value is -2.63. The SMILES string of the molecule is CCOc1ccc(Nc2ncnc3[nH]ncc23)cc1. The number of rotatable bonds is 4. The van der Waals surface area contributed by atoms with Crippen LogP contribution in [0.15, 0.2) is 36.8 Å². The van der Waals surface area contributed by atoms with Gasteiger partial charge in [-0.3, -0.25) is 5.10 Å². The molecule has 0 bridgehead atoms. The molecule has 0 saturated heterocycles. The van der Waals surface area contributed by atoms with Crippen molar-refractivity contribution in [2.24, 2.45) is 0 Å². The Morgan fingerprint density at radius 2 is 2.05 bits per heavy atom. The van der Waals surface area contributed by atoms with Crippen LogP contribution in [0.25, 0.3) is 11.0 Å². The molecule has 0 aliphatic heterocycles. The molecule has 96 valence electrons. The summed E-state index contributed by atoms with van der Waals surface area (Å²) >= 11 is 0. The van der Waals surface area contributed by atoms with Crippen LogP contribution < -0.4 is 10.1 Å². The first-order valence-corrected chi connectivity index (χ1v) is 6.01. The second-order valence-electron chi connectivity index (χ2n) is 3.94. The molecule has 19 heavy (non-hydrogen) atoms. The fourth-order valence-electron chi connectivity index (χ4n) is 1.80. The molecule has 0 radical (unpaired) electrons. The van der Waals surface area contributed by atoms with Crippen molar-refractivity contribution < 1.29 is 4.74 Å². The minimum Gasteiger partial charge on any atom is -0.494 e. The number of aromatic amines is 1. The first-order chi connectivity index (χ1) is 9.36. The van der Waals surface area contributed by atoms with Gasteiger partial charge >= 0.3 is 0 Å². The highest BCUT2D eigenvalue weighted by atomic mass is 16.5. The first kappa shape index (κ1) is 11.5. The van der Waals surface area contributed by atoms with E-state index >= 15 is 0 Å². The molecule has 0 amide bonds. The van der Waals surface area contributed by atoms with Crippen LogP contribution in [0.4, 0.5) is 11.5 Å². The number of nitrogens with one attached hydrogen (secondary N) is 2. The summed E-state index contributed by atoms with van der Waals surface area (Å²) in [6.45, 7) is 2.62. The van der Waals surface area contributed by atoms with E-state index in [1.807, 2.05) is 31.2 Å². The highest BCUT2D eigenvalue weighted by molar-refractivity contribution is 5.87. The van der Waals surface area contributed by atoms with Crippen molar-refractivity contribution in [2.45, 2.75) is 6.92 Å². The fourth-order valence-corrected chi connectivity index (χ4v) is 1.80. The van der Waals surface area contributed by atoms with Crippen LogP contribution in [0, 0.1) is 0 Å². The quantitative estimate of drug-likeness (QED) is 0.749. The molecule has 1 aromatic carbocycles. The molecule has 3 aromatic rings. The zero-order chi connectivity index (χ0) is 13.1. The second-order valence-corrected chi connectivity index (χ2v) is 3.94. The van der Waals surface area contributed by atoms with Crippen molar-refractivity contribution in [3.63, 3.8) is 0 Å². The maximum absolute atomic E-state index is 5.40. The van der Waals surface area contributed by atoms with Gasteiger partial charge in [0.2, 0.25) is 0 Å². The number of anilines is 2. The summed E-state index contributed by atoms with van der Waals surface area (Å²) in [4.78, 5) is 8.31. The molecular weight excluding hydrogens is 242 g/mol. The van der Waals surface area contributed by atoms with Gasteiger partial charge in [0.25, 0.3) is 0 Å². The van der Waals surface area contributed by atoms with Crippen LogP contribution in [0.1, 0.15) is 6.92 Å². The molecule has 0 aliphatic carbocycles. The molecule has 2 heterocycles. The smallest absolute Gasteiger partial charge is 0.160 e. The Kier molecular flexibility index (Phi) is 2.97. The van der Waals surface area contributed by atoms with Crippen molar-refractivity contribution >= 4 is 22.5 Å². The van der Waals surface area contributed by atoms with Crippen LogP contribution in [-0.4, -0.2) is 26.8 Å². The Labute approximate surface area is 109 Å². The summed E-state index contributed by atoms with van der Waals surface area (Å²) in [7, 11) is 0. The molecule has 6 nitrogen and oxygen atoms in total. The Bertz CT molecular complexity index is 677. The zero-order valence-electron chi connectivity index (χ0n) is 10.4. The van der Waals surface area contributed by atoms with Crippen molar-refractivity contribution in [2.75, 3.05) is 11.9 Å². The molecule has 0 aliphatic rings. The third-order valence-electron chi connectivity index (χ3n) is 2.68. The van der Waals surface area contributed by atoms with Gasteiger partial charge in [-0.2, -0.15) is 5.10 Å². The lowest BCUT2D eigenvalue weighted by Crippen LogP contribution is -1.96. The molecular formula is C13H13N5O. The number of ether oxygens (including phenoxy) is 1. The van der Waals surface area contributed by atoms with E-state index in [2.05, 4.69) is 25.5 Å². The number of fused-ring (bicyclic) bond motifs is 1. The lowest BCUT2D eigenvalue weighted by molar-refractivity contribution is 0.340. The first-order valence-electron chi connectivity index (χ1n) is 6.01. The number of benzene rings is 1. The van der Waals surface area contributed by atoms with Crippen molar-refractivity contribution in [3.8, 4) is 5.75 Å². The van der Waals surface area contributed by atoms with E-state index in [4.69, 9.17) is 4.74 Å². The van der Waals surface area contributed by atoms with E-state index in [0.717, 1.165) is 22.6 Å². The van der Waals surface area contributed by atoms with Gasteiger partial charge in [0.05, 0.1) is 18.2 Å². The molecule has 0 spiro atoms. The third-order valence-corrected chi connectivity index (χ3v) is 2.68. The summed E-state index contributed by atoms with van der Waals surface area (Å²) in [5, 5.41) is 10.9. The van der Waals surface area contributed by atoms with Gasteiger partial charge in [-0.15, -0.1) is 0 Å². The molecule has 0 atom stereocenters. The largest absolute Gasteiger partial charge is 0.494 e.